The summed E-state index contributed by atoms with van der Waals surface area (Å²) >= 11 is 0. The molecule has 30 heavy (non-hydrogen) atoms. The first-order valence-corrected chi connectivity index (χ1v) is 10.1. The maximum absolute atomic E-state index is 13.0. The van der Waals surface area contributed by atoms with Crippen molar-refractivity contribution in [3.05, 3.63) is 29.8 Å². The summed E-state index contributed by atoms with van der Waals surface area (Å²) in [7, 11) is 1.64. The molecule has 0 radical (unpaired) electrons. The van der Waals surface area contributed by atoms with E-state index in [1.807, 2.05) is 21.9 Å². The van der Waals surface area contributed by atoms with Crippen molar-refractivity contribution in [2.24, 2.45) is 4.99 Å². The number of carbonyl (C=O) groups is 3. The largest absolute Gasteiger partial charge is 0.462 e. The number of aliphatic hydroxyl groups is 1. The van der Waals surface area contributed by atoms with Crippen LogP contribution in [0.4, 0.5) is 10.5 Å². The first-order chi connectivity index (χ1) is 14.5. The highest BCUT2D eigenvalue weighted by atomic mass is 16.5. The Bertz CT molecular complexity index is 886. The average molecular weight is 415 g/mol. The minimum atomic E-state index is -0.577. The van der Waals surface area contributed by atoms with E-state index >= 15 is 0 Å². The van der Waals surface area contributed by atoms with Gasteiger partial charge in [0.1, 0.15) is 0 Å². The smallest absolute Gasteiger partial charge is 0.338 e. The van der Waals surface area contributed by atoms with Gasteiger partial charge in [-0.3, -0.25) is 9.69 Å². The zero-order valence-corrected chi connectivity index (χ0v) is 17.0. The molecule has 3 aliphatic heterocycles. The lowest BCUT2D eigenvalue weighted by Crippen LogP contribution is -2.64. The highest BCUT2D eigenvalue weighted by Crippen LogP contribution is 2.33. The van der Waals surface area contributed by atoms with Gasteiger partial charge in [-0.1, -0.05) is 0 Å². The third-order valence-electron chi connectivity index (χ3n) is 5.61. The molecule has 0 aromatic heterocycles. The summed E-state index contributed by atoms with van der Waals surface area (Å²) in [6, 6.07) is 6.09. The molecule has 4 rings (SSSR count). The molecule has 0 aliphatic carbocycles. The molecule has 2 unspecified atom stereocenters. The number of imide groups is 1. The number of carbonyl (C=O) groups excluding carboxylic acids is 3. The lowest BCUT2D eigenvalue weighted by molar-refractivity contribution is -0.137. The van der Waals surface area contributed by atoms with Crippen LogP contribution in [-0.2, 0) is 9.53 Å². The Morgan fingerprint density at radius 1 is 1.23 bits per heavy atom. The second-order valence-electron chi connectivity index (χ2n) is 7.36. The van der Waals surface area contributed by atoms with Gasteiger partial charge in [-0.05, 0) is 37.6 Å². The number of ether oxygens (including phenoxy) is 1. The number of rotatable bonds is 6. The normalized spacial score (nSPS) is 23.0. The molecule has 3 heterocycles. The molecule has 160 valence electrons. The van der Waals surface area contributed by atoms with Crippen molar-refractivity contribution in [1.29, 1.82) is 0 Å². The van der Waals surface area contributed by atoms with Crippen molar-refractivity contribution >= 4 is 29.6 Å². The maximum atomic E-state index is 13.0. The van der Waals surface area contributed by atoms with Crippen LogP contribution in [0.2, 0.25) is 0 Å². The zero-order chi connectivity index (χ0) is 21.4. The number of fused-ring (bicyclic) bond motifs is 3. The summed E-state index contributed by atoms with van der Waals surface area (Å²) in [6.45, 7) is 3.41. The Kier molecular flexibility index (Phi) is 5.33. The zero-order valence-electron chi connectivity index (χ0n) is 17.0. The third kappa shape index (κ3) is 3.17. The molecular formula is C20H25N5O5. The fourth-order valence-electron chi connectivity index (χ4n) is 4.11. The second kappa shape index (κ2) is 7.94. The van der Waals surface area contributed by atoms with E-state index in [9.17, 15) is 14.4 Å². The van der Waals surface area contributed by atoms with Gasteiger partial charge >= 0.3 is 12.0 Å². The number of aliphatic imine (C=N–C) groups is 1. The van der Waals surface area contributed by atoms with Crippen molar-refractivity contribution in [3.8, 4) is 0 Å². The van der Waals surface area contributed by atoms with Gasteiger partial charge in [-0.15, -0.1) is 0 Å². The van der Waals surface area contributed by atoms with E-state index in [-0.39, 0.29) is 25.0 Å². The molecule has 0 bridgehead atoms. The van der Waals surface area contributed by atoms with E-state index < -0.39 is 18.2 Å². The van der Waals surface area contributed by atoms with Gasteiger partial charge in [0.15, 0.2) is 12.2 Å². The molecule has 1 aromatic rings. The number of urea groups is 1. The molecular weight excluding hydrogens is 390 g/mol. The molecule has 2 saturated heterocycles. The van der Waals surface area contributed by atoms with E-state index in [1.54, 1.807) is 26.1 Å². The number of likely N-dealkylation sites (N-methyl/N-ethyl adjacent to an activating group) is 1. The van der Waals surface area contributed by atoms with Gasteiger partial charge in [0.2, 0.25) is 5.96 Å². The van der Waals surface area contributed by atoms with E-state index in [1.165, 1.54) is 9.80 Å². The van der Waals surface area contributed by atoms with Crippen LogP contribution < -0.4 is 4.90 Å². The maximum Gasteiger partial charge on any atom is 0.338 e. The molecule has 3 amide bonds. The van der Waals surface area contributed by atoms with Gasteiger partial charge < -0.3 is 24.5 Å². The predicted octanol–water partition coefficient (Wildman–Crippen LogP) is 0.326. The van der Waals surface area contributed by atoms with Crippen LogP contribution >= 0.6 is 0 Å². The first-order valence-electron chi connectivity index (χ1n) is 10.1. The van der Waals surface area contributed by atoms with E-state index in [0.717, 1.165) is 5.69 Å². The number of aliphatic hydroxyl groups excluding tert-OH is 1. The van der Waals surface area contributed by atoms with Crippen LogP contribution in [-0.4, -0.2) is 95.8 Å². The monoisotopic (exact) mass is 415 g/mol. The molecule has 10 nitrogen and oxygen atoms in total. The highest BCUT2D eigenvalue weighted by Gasteiger charge is 2.54. The number of amides is 3. The number of benzene rings is 1. The van der Waals surface area contributed by atoms with Gasteiger partial charge in [0, 0.05) is 39.0 Å². The standard InChI is InChI=1S/C20H25N5O5/c1-3-30-18(28)13-5-7-14(8-6-13)23-10-11-24-15-16(21-19(23)24)22(2)20(29)25(17(15)27)9-4-12-26/h5-8,15-16,26H,3-4,9-12H2,1-2H3. The summed E-state index contributed by atoms with van der Waals surface area (Å²) in [6.07, 6.45) is -0.234. The summed E-state index contributed by atoms with van der Waals surface area (Å²) < 4.78 is 5.02. The molecule has 0 saturated carbocycles. The van der Waals surface area contributed by atoms with Crippen molar-refractivity contribution in [2.75, 3.05) is 44.8 Å². The number of hydrogen-bond donors (Lipinski definition) is 1. The van der Waals surface area contributed by atoms with Gasteiger partial charge in [-0.25, -0.2) is 14.6 Å². The SMILES string of the molecule is CCOC(=O)c1ccc(N2CCN3C2=NC2C3C(=O)N(CCCO)C(=O)N2C)cc1. The Balaban J connectivity index is 1.56. The first kappa shape index (κ1) is 20.1. The Labute approximate surface area is 174 Å². The van der Waals surface area contributed by atoms with E-state index in [0.29, 0.717) is 37.6 Å². The fraction of sp³-hybridized carbons (Fsp3) is 0.500. The third-order valence-corrected chi connectivity index (χ3v) is 5.61. The van der Waals surface area contributed by atoms with Gasteiger partial charge in [-0.2, -0.15) is 0 Å². The van der Waals surface area contributed by atoms with Crippen molar-refractivity contribution in [2.45, 2.75) is 25.6 Å². The van der Waals surface area contributed by atoms with E-state index in [2.05, 4.69) is 0 Å². The molecule has 1 N–H and O–H groups in total. The summed E-state index contributed by atoms with van der Waals surface area (Å²) in [5.74, 6) is -0.00858. The van der Waals surface area contributed by atoms with Gasteiger partial charge in [0.25, 0.3) is 5.91 Å². The van der Waals surface area contributed by atoms with Crippen LogP contribution in [0.5, 0.6) is 0 Å². The quantitative estimate of drug-likeness (QED) is 0.667. The summed E-state index contributed by atoms with van der Waals surface area (Å²) in [5, 5.41) is 9.09. The predicted molar refractivity (Wildman–Crippen MR) is 108 cm³/mol. The molecule has 10 heteroatoms. The topological polar surface area (TPSA) is 106 Å². The van der Waals surface area contributed by atoms with Crippen molar-refractivity contribution in [3.63, 3.8) is 0 Å². The fourth-order valence-corrected chi connectivity index (χ4v) is 4.11. The molecule has 0 spiro atoms. The van der Waals surface area contributed by atoms with Crippen LogP contribution in [0.15, 0.2) is 29.3 Å². The minimum absolute atomic E-state index is 0.0874. The Morgan fingerprint density at radius 2 is 1.97 bits per heavy atom. The highest BCUT2D eigenvalue weighted by molar-refractivity contribution is 6.08. The van der Waals surface area contributed by atoms with Crippen molar-refractivity contribution in [1.82, 2.24) is 14.7 Å². The van der Waals surface area contributed by atoms with Crippen LogP contribution in [0.1, 0.15) is 23.7 Å². The van der Waals surface area contributed by atoms with Crippen LogP contribution in [0, 0.1) is 0 Å². The average Bonchev–Trinajstić information content (AvgIpc) is 3.32. The molecule has 1 aromatic carbocycles. The Morgan fingerprint density at radius 3 is 2.63 bits per heavy atom. The number of anilines is 1. The van der Waals surface area contributed by atoms with Crippen LogP contribution in [0.25, 0.3) is 0 Å². The lowest BCUT2D eigenvalue weighted by atomic mass is 10.1. The minimum Gasteiger partial charge on any atom is -0.462 e. The number of nitrogens with zero attached hydrogens (tertiary/aromatic N) is 5. The molecule has 2 fully saturated rings. The number of esters is 1. The second-order valence-corrected chi connectivity index (χ2v) is 7.36. The lowest BCUT2D eigenvalue weighted by Gasteiger charge is -2.40. The van der Waals surface area contributed by atoms with Gasteiger partial charge in [0.05, 0.1) is 12.2 Å². The van der Waals surface area contributed by atoms with E-state index in [4.69, 9.17) is 14.8 Å². The summed E-state index contributed by atoms with van der Waals surface area (Å²) in [5.41, 5.74) is 1.32. The Hall–Kier alpha value is -3.14. The number of guanidine groups is 1. The number of hydrogen-bond acceptors (Lipinski definition) is 8. The summed E-state index contributed by atoms with van der Waals surface area (Å²) in [4.78, 5) is 48.8. The van der Waals surface area contributed by atoms with Crippen molar-refractivity contribution < 1.29 is 24.2 Å². The molecule has 3 aliphatic rings. The van der Waals surface area contributed by atoms with Crippen LogP contribution in [0.3, 0.4) is 0 Å². The molecule has 2 atom stereocenters.